The first-order valence-corrected chi connectivity index (χ1v) is 8.14. The summed E-state index contributed by atoms with van der Waals surface area (Å²) in [5, 5.41) is 13.5. The van der Waals surface area contributed by atoms with Gasteiger partial charge in [-0.15, -0.1) is 0 Å². The summed E-state index contributed by atoms with van der Waals surface area (Å²) in [5.41, 5.74) is 0.733. The number of phenolic OH excluding ortho intramolecular Hbond substituents is 1. The van der Waals surface area contributed by atoms with Gasteiger partial charge in [-0.2, -0.15) is 0 Å². The zero-order chi connectivity index (χ0) is 17.0. The Hall–Kier alpha value is -1.50. The highest BCUT2D eigenvalue weighted by molar-refractivity contribution is 6.32. The zero-order valence-corrected chi connectivity index (χ0v) is 14.6. The van der Waals surface area contributed by atoms with Crippen LogP contribution < -0.4 is 10.1 Å². The lowest BCUT2D eigenvalue weighted by molar-refractivity contribution is -0.135. The van der Waals surface area contributed by atoms with Crippen molar-refractivity contribution in [2.24, 2.45) is 0 Å². The summed E-state index contributed by atoms with van der Waals surface area (Å²) in [7, 11) is 3.48. The molecule has 0 saturated carbocycles. The molecular weight excluding hydrogens is 318 g/mol. The number of nitrogens with zero attached hydrogens (tertiary/aromatic N) is 2. The van der Waals surface area contributed by atoms with Crippen LogP contribution >= 0.6 is 11.6 Å². The fraction of sp³-hybridized carbons (Fsp3) is 0.562. The van der Waals surface area contributed by atoms with E-state index in [-0.39, 0.29) is 16.7 Å². The molecule has 0 aliphatic carbocycles. The average molecular weight is 342 g/mol. The van der Waals surface area contributed by atoms with Crippen molar-refractivity contribution in [2.45, 2.75) is 13.0 Å². The maximum Gasteiger partial charge on any atom is 0.244 e. The maximum absolute atomic E-state index is 12.7. The molecule has 0 spiro atoms. The second-order valence-electron chi connectivity index (χ2n) is 5.70. The number of carbonyl (C=O) groups excluding carboxylic acids is 1. The summed E-state index contributed by atoms with van der Waals surface area (Å²) in [6.45, 7) is 5.45. The molecule has 7 heteroatoms. The predicted octanol–water partition coefficient (Wildman–Crippen LogP) is 1.48. The van der Waals surface area contributed by atoms with Crippen molar-refractivity contribution >= 4 is 17.5 Å². The lowest BCUT2D eigenvalue weighted by Crippen LogP contribution is -2.49. The first-order valence-electron chi connectivity index (χ1n) is 7.76. The number of aromatic hydroxyl groups is 1. The van der Waals surface area contributed by atoms with Crippen molar-refractivity contribution in [2.75, 3.05) is 46.9 Å². The van der Waals surface area contributed by atoms with E-state index in [2.05, 4.69) is 10.2 Å². The van der Waals surface area contributed by atoms with Crippen LogP contribution in [0.2, 0.25) is 5.02 Å². The number of amides is 1. The van der Waals surface area contributed by atoms with Gasteiger partial charge in [0, 0.05) is 40.3 Å². The quantitative estimate of drug-likeness (QED) is 0.849. The molecule has 1 aliphatic rings. The molecule has 2 rings (SSSR count). The van der Waals surface area contributed by atoms with Gasteiger partial charge in [-0.05, 0) is 24.6 Å². The van der Waals surface area contributed by atoms with Gasteiger partial charge in [0.15, 0.2) is 11.5 Å². The van der Waals surface area contributed by atoms with Gasteiger partial charge in [-0.1, -0.05) is 11.6 Å². The fourth-order valence-corrected chi connectivity index (χ4v) is 2.93. The summed E-state index contributed by atoms with van der Waals surface area (Å²) in [6.07, 6.45) is 0. The smallest absolute Gasteiger partial charge is 0.244 e. The summed E-state index contributed by atoms with van der Waals surface area (Å²) < 4.78 is 5.45. The fourth-order valence-electron chi connectivity index (χ4n) is 2.71. The van der Waals surface area contributed by atoms with Gasteiger partial charge in [0.1, 0.15) is 6.04 Å². The molecule has 2 N–H and O–H groups in total. The van der Waals surface area contributed by atoms with Gasteiger partial charge in [0.2, 0.25) is 5.91 Å². The number of rotatable bonds is 5. The van der Waals surface area contributed by atoms with Gasteiger partial charge in [0.25, 0.3) is 0 Å². The normalized spacial score (nSPS) is 16.9. The summed E-state index contributed by atoms with van der Waals surface area (Å²) in [6, 6.07) is 2.91. The van der Waals surface area contributed by atoms with E-state index in [0.29, 0.717) is 12.4 Å². The van der Waals surface area contributed by atoms with Gasteiger partial charge >= 0.3 is 0 Å². The van der Waals surface area contributed by atoms with E-state index < -0.39 is 6.04 Å². The Bertz CT molecular complexity index is 560. The van der Waals surface area contributed by atoms with Crippen LogP contribution in [0.4, 0.5) is 0 Å². The molecule has 1 aromatic carbocycles. The molecule has 1 fully saturated rings. The van der Waals surface area contributed by atoms with Gasteiger partial charge in [-0.25, -0.2) is 0 Å². The summed E-state index contributed by atoms with van der Waals surface area (Å²) in [5.74, 6) is 0.200. The number of hydrogen-bond donors (Lipinski definition) is 2. The van der Waals surface area contributed by atoms with Crippen molar-refractivity contribution < 1.29 is 14.6 Å². The minimum atomic E-state index is -0.440. The Morgan fingerprint density at radius 3 is 2.65 bits per heavy atom. The van der Waals surface area contributed by atoms with Gasteiger partial charge < -0.3 is 20.1 Å². The van der Waals surface area contributed by atoms with E-state index >= 15 is 0 Å². The highest BCUT2D eigenvalue weighted by atomic mass is 35.5. The first-order chi connectivity index (χ1) is 11.0. The first kappa shape index (κ1) is 17.8. The number of benzene rings is 1. The lowest BCUT2D eigenvalue weighted by Gasteiger charge is -2.35. The third-order valence-electron chi connectivity index (χ3n) is 3.86. The molecule has 1 aromatic rings. The number of carbonyl (C=O) groups is 1. The van der Waals surface area contributed by atoms with E-state index in [1.54, 1.807) is 31.1 Å². The van der Waals surface area contributed by atoms with Crippen LogP contribution in [0.25, 0.3) is 0 Å². The SMILES string of the molecule is CCOc1cc(C(C(=O)N(C)C)N2CCNCC2)cc(Cl)c1O. The van der Waals surface area contributed by atoms with E-state index in [4.69, 9.17) is 16.3 Å². The second kappa shape index (κ2) is 7.86. The molecule has 0 aromatic heterocycles. The molecular formula is C16H24ClN3O3. The number of ether oxygens (including phenoxy) is 1. The van der Waals surface area contributed by atoms with Crippen LogP contribution in [-0.4, -0.2) is 67.7 Å². The predicted molar refractivity (Wildman–Crippen MR) is 90.2 cm³/mol. The minimum Gasteiger partial charge on any atom is -0.503 e. The third kappa shape index (κ3) is 4.07. The molecule has 1 amide bonds. The van der Waals surface area contributed by atoms with E-state index in [1.165, 1.54) is 0 Å². The molecule has 1 saturated heterocycles. The van der Waals surface area contributed by atoms with Crippen LogP contribution in [0.1, 0.15) is 18.5 Å². The van der Waals surface area contributed by atoms with Crippen molar-refractivity contribution in [3.63, 3.8) is 0 Å². The van der Waals surface area contributed by atoms with Crippen LogP contribution in [0.3, 0.4) is 0 Å². The molecule has 0 radical (unpaired) electrons. The van der Waals surface area contributed by atoms with Crippen molar-refractivity contribution in [3.8, 4) is 11.5 Å². The number of nitrogens with one attached hydrogen (secondary N) is 1. The number of phenols is 1. The van der Waals surface area contributed by atoms with Crippen LogP contribution in [0.15, 0.2) is 12.1 Å². The zero-order valence-electron chi connectivity index (χ0n) is 13.8. The molecule has 6 nitrogen and oxygen atoms in total. The van der Waals surface area contributed by atoms with Crippen LogP contribution in [-0.2, 0) is 4.79 Å². The standard InChI is InChI=1S/C16H24ClN3O3/c1-4-23-13-10-11(9-12(17)15(13)21)14(16(22)19(2)3)20-7-5-18-6-8-20/h9-10,14,18,21H,4-8H2,1-3H3. The number of likely N-dealkylation sites (N-methyl/N-ethyl adjacent to an activating group) is 1. The van der Waals surface area contributed by atoms with Crippen molar-refractivity contribution in [1.82, 2.24) is 15.1 Å². The molecule has 128 valence electrons. The van der Waals surface area contributed by atoms with Gasteiger partial charge in [0.05, 0.1) is 11.6 Å². The molecule has 1 aliphatic heterocycles. The van der Waals surface area contributed by atoms with Crippen molar-refractivity contribution in [1.29, 1.82) is 0 Å². The third-order valence-corrected chi connectivity index (χ3v) is 4.15. The summed E-state index contributed by atoms with van der Waals surface area (Å²) in [4.78, 5) is 16.4. The highest BCUT2D eigenvalue weighted by Crippen LogP contribution is 2.38. The Morgan fingerprint density at radius 1 is 1.43 bits per heavy atom. The molecule has 23 heavy (non-hydrogen) atoms. The van der Waals surface area contributed by atoms with E-state index in [9.17, 15) is 9.90 Å². The Balaban J connectivity index is 2.43. The molecule has 0 bridgehead atoms. The lowest BCUT2D eigenvalue weighted by atomic mass is 10.0. The second-order valence-corrected chi connectivity index (χ2v) is 6.11. The number of halogens is 1. The van der Waals surface area contributed by atoms with E-state index in [1.807, 2.05) is 6.92 Å². The maximum atomic E-state index is 12.7. The minimum absolute atomic E-state index is 0.0175. The monoisotopic (exact) mass is 341 g/mol. The Kier molecular flexibility index (Phi) is 6.10. The largest absolute Gasteiger partial charge is 0.503 e. The molecule has 1 unspecified atom stereocenters. The Morgan fingerprint density at radius 2 is 2.09 bits per heavy atom. The van der Waals surface area contributed by atoms with Crippen LogP contribution in [0.5, 0.6) is 11.5 Å². The highest BCUT2D eigenvalue weighted by Gasteiger charge is 2.31. The molecule has 1 heterocycles. The number of hydrogen-bond acceptors (Lipinski definition) is 5. The van der Waals surface area contributed by atoms with E-state index in [0.717, 1.165) is 31.7 Å². The Labute approximate surface area is 142 Å². The van der Waals surface area contributed by atoms with Crippen molar-refractivity contribution in [3.05, 3.63) is 22.7 Å². The van der Waals surface area contributed by atoms with Gasteiger partial charge in [-0.3, -0.25) is 9.69 Å². The number of piperazine rings is 1. The van der Waals surface area contributed by atoms with Crippen LogP contribution in [0, 0.1) is 0 Å². The molecule has 1 atom stereocenters. The topological polar surface area (TPSA) is 65.0 Å². The average Bonchev–Trinajstić information content (AvgIpc) is 2.53. The summed E-state index contributed by atoms with van der Waals surface area (Å²) >= 11 is 6.14.